The summed E-state index contributed by atoms with van der Waals surface area (Å²) in [7, 11) is 3.70. The van der Waals surface area contributed by atoms with Gasteiger partial charge in [0, 0.05) is 50.9 Å². The summed E-state index contributed by atoms with van der Waals surface area (Å²) < 4.78 is 0. The van der Waals surface area contributed by atoms with Crippen molar-refractivity contribution in [3.8, 4) is 0 Å². The minimum atomic E-state index is -0.107. The average Bonchev–Trinajstić information content (AvgIpc) is 2.84. The molecule has 6 nitrogen and oxygen atoms in total. The van der Waals surface area contributed by atoms with Crippen LogP contribution in [0, 0.1) is 0 Å². The molecule has 170 valence electrons. The van der Waals surface area contributed by atoms with Crippen molar-refractivity contribution in [1.29, 1.82) is 0 Å². The minimum Gasteiger partial charge on any atom is -0.370 e. The first-order chi connectivity index (χ1) is 15.5. The zero-order valence-corrected chi connectivity index (χ0v) is 19.6. The van der Waals surface area contributed by atoms with E-state index in [4.69, 9.17) is 11.6 Å². The van der Waals surface area contributed by atoms with Crippen LogP contribution in [-0.4, -0.2) is 68.4 Å². The van der Waals surface area contributed by atoms with Crippen LogP contribution < -0.4 is 10.2 Å². The Morgan fingerprint density at radius 3 is 2.50 bits per heavy atom. The molecule has 2 aliphatic rings. The highest BCUT2D eigenvalue weighted by Gasteiger charge is 2.30. The largest absolute Gasteiger partial charge is 0.370 e. The van der Waals surface area contributed by atoms with Crippen molar-refractivity contribution in [3.63, 3.8) is 0 Å². The lowest BCUT2D eigenvalue weighted by molar-refractivity contribution is 0.0545. The van der Waals surface area contributed by atoms with Gasteiger partial charge in [-0.15, -0.1) is 0 Å². The predicted molar refractivity (Wildman–Crippen MR) is 129 cm³/mol. The maximum Gasteiger partial charge on any atom is 0.254 e. The van der Waals surface area contributed by atoms with E-state index in [1.165, 1.54) is 6.42 Å². The number of amides is 2. The Balaban J connectivity index is 1.54. The van der Waals surface area contributed by atoms with E-state index in [0.29, 0.717) is 29.2 Å². The molecule has 2 aromatic carbocycles. The highest BCUT2D eigenvalue weighted by molar-refractivity contribution is 6.33. The number of piperazine rings is 1. The van der Waals surface area contributed by atoms with Gasteiger partial charge in [0.1, 0.15) is 0 Å². The van der Waals surface area contributed by atoms with Crippen LogP contribution in [0.2, 0.25) is 5.02 Å². The molecule has 2 aliphatic heterocycles. The second-order valence-corrected chi connectivity index (χ2v) is 9.07. The topological polar surface area (TPSA) is 55.9 Å². The van der Waals surface area contributed by atoms with Crippen LogP contribution >= 0.6 is 11.6 Å². The number of likely N-dealkylation sites (N-methyl/N-ethyl adjacent to an activating group) is 1. The summed E-state index contributed by atoms with van der Waals surface area (Å²) in [5.41, 5.74) is 3.31. The van der Waals surface area contributed by atoms with Crippen molar-refractivity contribution in [2.45, 2.75) is 25.3 Å². The Morgan fingerprint density at radius 1 is 0.969 bits per heavy atom. The van der Waals surface area contributed by atoms with Gasteiger partial charge in [-0.25, -0.2) is 0 Å². The minimum absolute atomic E-state index is 0.0282. The third kappa shape index (κ3) is 4.76. The predicted octanol–water partition coefficient (Wildman–Crippen LogP) is 3.82. The molecule has 32 heavy (non-hydrogen) atoms. The van der Waals surface area contributed by atoms with Crippen LogP contribution in [0.15, 0.2) is 42.5 Å². The van der Waals surface area contributed by atoms with E-state index in [-0.39, 0.29) is 17.9 Å². The molecule has 0 bridgehead atoms. The third-order valence-electron chi connectivity index (χ3n) is 6.59. The van der Waals surface area contributed by atoms with Crippen LogP contribution in [0.1, 0.15) is 51.6 Å². The van der Waals surface area contributed by atoms with Crippen molar-refractivity contribution < 1.29 is 9.59 Å². The number of halogens is 1. The van der Waals surface area contributed by atoms with Gasteiger partial charge in [-0.05, 0) is 62.2 Å². The number of anilines is 1. The van der Waals surface area contributed by atoms with E-state index in [9.17, 15) is 9.59 Å². The molecule has 2 saturated heterocycles. The van der Waals surface area contributed by atoms with E-state index in [1.807, 2.05) is 47.4 Å². The summed E-state index contributed by atoms with van der Waals surface area (Å²) in [5, 5.41) is 3.38. The van der Waals surface area contributed by atoms with Gasteiger partial charge in [-0.1, -0.05) is 23.7 Å². The van der Waals surface area contributed by atoms with E-state index < -0.39 is 0 Å². The Morgan fingerprint density at radius 2 is 1.75 bits per heavy atom. The van der Waals surface area contributed by atoms with Crippen LogP contribution in [0.3, 0.4) is 0 Å². The number of hydrogen-bond donors (Lipinski definition) is 1. The van der Waals surface area contributed by atoms with E-state index >= 15 is 0 Å². The first-order valence-electron chi connectivity index (χ1n) is 11.3. The number of carbonyl (C=O) groups is 2. The van der Waals surface area contributed by atoms with Crippen molar-refractivity contribution in [1.82, 2.24) is 15.1 Å². The van der Waals surface area contributed by atoms with Gasteiger partial charge in [0.05, 0.1) is 16.8 Å². The molecule has 0 aliphatic carbocycles. The van der Waals surface area contributed by atoms with E-state index in [0.717, 1.165) is 43.7 Å². The average molecular weight is 455 g/mol. The number of carbonyl (C=O) groups excluding carboxylic acids is 2. The van der Waals surface area contributed by atoms with E-state index in [1.54, 1.807) is 7.05 Å². The van der Waals surface area contributed by atoms with Crippen LogP contribution in [0.4, 0.5) is 5.69 Å². The van der Waals surface area contributed by atoms with Gasteiger partial charge in [0.25, 0.3) is 11.8 Å². The Hall–Kier alpha value is -2.57. The number of piperidine rings is 1. The van der Waals surface area contributed by atoms with Gasteiger partial charge in [0.2, 0.25) is 0 Å². The molecule has 0 radical (unpaired) electrons. The number of nitrogens with zero attached hydrogens (tertiary/aromatic N) is 3. The Kier molecular flexibility index (Phi) is 7.01. The van der Waals surface area contributed by atoms with Gasteiger partial charge in [-0.3, -0.25) is 14.5 Å². The SMILES string of the molecule is CNC(=O)c1cccc([C@@H]2CN(C(=O)c3ccc(Cl)c(N4CCCCC4)c3)CCN2C)c1. The monoisotopic (exact) mass is 454 g/mol. The first kappa shape index (κ1) is 22.6. The maximum absolute atomic E-state index is 13.4. The lowest BCUT2D eigenvalue weighted by Gasteiger charge is -2.40. The number of hydrogen-bond acceptors (Lipinski definition) is 4. The van der Waals surface area contributed by atoms with Crippen LogP contribution in [-0.2, 0) is 0 Å². The Bertz CT molecular complexity index is 990. The van der Waals surface area contributed by atoms with Crippen LogP contribution in [0.5, 0.6) is 0 Å². The second kappa shape index (κ2) is 9.92. The van der Waals surface area contributed by atoms with Gasteiger partial charge < -0.3 is 15.1 Å². The molecular formula is C25H31ClN4O2. The molecule has 2 amide bonds. The molecule has 1 N–H and O–H groups in total. The van der Waals surface area contributed by atoms with Gasteiger partial charge in [-0.2, -0.15) is 0 Å². The number of rotatable bonds is 4. The summed E-state index contributed by atoms with van der Waals surface area (Å²) >= 11 is 6.49. The van der Waals surface area contributed by atoms with Crippen LogP contribution in [0.25, 0.3) is 0 Å². The molecule has 4 rings (SSSR count). The maximum atomic E-state index is 13.4. The zero-order valence-electron chi connectivity index (χ0n) is 18.8. The quantitative estimate of drug-likeness (QED) is 0.763. The number of nitrogens with one attached hydrogen (secondary N) is 1. The van der Waals surface area contributed by atoms with Crippen molar-refractivity contribution in [2.24, 2.45) is 0 Å². The molecule has 1 atom stereocenters. The Labute approximate surface area is 195 Å². The summed E-state index contributed by atoms with van der Waals surface area (Å²) in [5.74, 6) is -0.0786. The molecule has 2 heterocycles. The second-order valence-electron chi connectivity index (χ2n) is 8.67. The fourth-order valence-corrected chi connectivity index (χ4v) is 4.89. The zero-order chi connectivity index (χ0) is 22.7. The molecule has 0 saturated carbocycles. The first-order valence-corrected chi connectivity index (χ1v) is 11.7. The lowest BCUT2D eigenvalue weighted by Crippen LogP contribution is -2.49. The molecular weight excluding hydrogens is 424 g/mol. The standard InChI is InChI=1S/C25H31ClN4O2/c1-27-24(31)19-8-6-7-18(15-19)23-17-30(14-13-28(23)2)25(32)20-9-10-21(26)22(16-20)29-11-4-3-5-12-29/h6-10,15-16,23H,3-5,11-14,17H2,1-2H3,(H,27,31)/t23-/m0/s1. The lowest BCUT2D eigenvalue weighted by atomic mass is 9.99. The summed E-state index contributed by atoms with van der Waals surface area (Å²) in [4.78, 5) is 32.0. The molecule has 7 heteroatoms. The molecule has 2 aromatic rings. The van der Waals surface area contributed by atoms with Crippen molar-refractivity contribution in [3.05, 3.63) is 64.2 Å². The fourth-order valence-electron chi connectivity index (χ4n) is 4.65. The fraction of sp³-hybridized carbons (Fsp3) is 0.440. The molecule has 2 fully saturated rings. The molecule has 0 aromatic heterocycles. The normalized spacial score (nSPS) is 19.7. The molecule has 0 unspecified atom stereocenters. The highest BCUT2D eigenvalue weighted by atomic mass is 35.5. The third-order valence-corrected chi connectivity index (χ3v) is 6.91. The number of benzene rings is 2. The van der Waals surface area contributed by atoms with Gasteiger partial charge >= 0.3 is 0 Å². The molecule has 0 spiro atoms. The highest BCUT2D eigenvalue weighted by Crippen LogP contribution is 2.31. The summed E-state index contributed by atoms with van der Waals surface area (Å²) in [6.07, 6.45) is 3.56. The smallest absolute Gasteiger partial charge is 0.254 e. The van der Waals surface area contributed by atoms with E-state index in [2.05, 4.69) is 22.2 Å². The summed E-state index contributed by atoms with van der Waals surface area (Å²) in [6.45, 7) is 3.98. The summed E-state index contributed by atoms with van der Waals surface area (Å²) in [6, 6.07) is 13.3. The van der Waals surface area contributed by atoms with Crippen molar-refractivity contribution in [2.75, 3.05) is 51.7 Å². The van der Waals surface area contributed by atoms with Crippen molar-refractivity contribution >= 4 is 29.1 Å². The van der Waals surface area contributed by atoms with Gasteiger partial charge in [0.15, 0.2) is 0 Å².